The summed E-state index contributed by atoms with van der Waals surface area (Å²) in [4.78, 5) is 0. The Morgan fingerprint density at radius 1 is 1.67 bits per heavy atom. The van der Waals surface area contributed by atoms with Crippen molar-refractivity contribution in [1.29, 1.82) is 0 Å². The number of hydrogen-bond acceptors (Lipinski definition) is 1. The van der Waals surface area contributed by atoms with Crippen LogP contribution in [0.2, 0.25) is 0 Å². The van der Waals surface area contributed by atoms with E-state index in [1.807, 2.05) is 0 Å². The van der Waals surface area contributed by atoms with Gasteiger partial charge in [-0.05, 0) is 28.1 Å². The third kappa shape index (κ3) is 1.42. The standard InChI is InChI=1S/C6H4BrFN/c7-5-3-4(9)1-2-6(5)8/h2-3H,9H2. The molecule has 3 heteroatoms. The van der Waals surface area contributed by atoms with E-state index in [4.69, 9.17) is 5.73 Å². The lowest BCUT2D eigenvalue weighted by Gasteiger charge is -1.92. The van der Waals surface area contributed by atoms with Crippen LogP contribution in [0.1, 0.15) is 0 Å². The van der Waals surface area contributed by atoms with Crippen molar-refractivity contribution in [3.8, 4) is 0 Å². The predicted molar refractivity (Wildman–Crippen MR) is 37.3 cm³/mol. The highest BCUT2D eigenvalue weighted by atomic mass is 79.9. The minimum absolute atomic E-state index is 0.343. The lowest BCUT2D eigenvalue weighted by atomic mass is 10.3. The van der Waals surface area contributed by atoms with Crippen molar-refractivity contribution in [3.63, 3.8) is 0 Å². The lowest BCUT2D eigenvalue weighted by Crippen LogP contribution is -1.85. The largest absolute Gasteiger partial charge is 0.398 e. The van der Waals surface area contributed by atoms with Gasteiger partial charge in [-0.25, -0.2) is 4.39 Å². The third-order valence-corrected chi connectivity index (χ3v) is 1.48. The van der Waals surface area contributed by atoms with Gasteiger partial charge in [-0.2, -0.15) is 0 Å². The van der Waals surface area contributed by atoms with Gasteiger partial charge in [0, 0.05) is 11.8 Å². The molecule has 1 rings (SSSR count). The van der Waals surface area contributed by atoms with Crippen LogP contribution in [0.15, 0.2) is 16.6 Å². The summed E-state index contributed by atoms with van der Waals surface area (Å²) in [6.45, 7) is 0. The van der Waals surface area contributed by atoms with Crippen molar-refractivity contribution < 1.29 is 4.39 Å². The molecule has 1 nitrogen and oxygen atoms in total. The van der Waals surface area contributed by atoms with E-state index in [2.05, 4.69) is 22.0 Å². The van der Waals surface area contributed by atoms with E-state index in [0.717, 1.165) is 0 Å². The van der Waals surface area contributed by atoms with Crippen LogP contribution >= 0.6 is 15.9 Å². The second-order valence-electron chi connectivity index (χ2n) is 1.58. The summed E-state index contributed by atoms with van der Waals surface area (Å²) in [5.74, 6) is -0.343. The first-order valence-electron chi connectivity index (χ1n) is 2.32. The Labute approximate surface area is 60.8 Å². The van der Waals surface area contributed by atoms with Gasteiger partial charge < -0.3 is 5.73 Å². The highest BCUT2D eigenvalue weighted by Gasteiger charge is 1.95. The van der Waals surface area contributed by atoms with Crippen molar-refractivity contribution in [2.45, 2.75) is 0 Å². The summed E-state index contributed by atoms with van der Waals surface area (Å²) in [6, 6.07) is 5.17. The van der Waals surface area contributed by atoms with Crippen LogP contribution in [-0.4, -0.2) is 0 Å². The first kappa shape index (κ1) is 6.55. The van der Waals surface area contributed by atoms with Gasteiger partial charge in [0.2, 0.25) is 0 Å². The van der Waals surface area contributed by atoms with E-state index in [9.17, 15) is 4.39 Å². The van der Waals surface area contributed by atoms with Crippen molar-refractivity contribution in [1.82, 2.24) is 0 Å². The number of nitrogen functional groups attached to an aromatic ring is 1. The van der Waals surface area contributed by atoms with E-state index in [1.54, 1.807) is 0 Å². The number of halogens is 2. The zero-order valence-electron chi connectivity index (χ0n) is 4.49. The molecule has 1 aromatic rings. The molecule has 0 spiro atoms. The van der Waals surface area contributed by atoms with Crippen LogP contribution in [0.4, 0.5) is 10.1 Å². The van der Waals surface area contributed by atoms with Gasteiger partial charge in [0.05, 0.1) is 4.47 Å². The zero-order valence-corrected chi connectivity index (χ0v) is 6.07. The molecule has 0 saturated heterocycles. The maximum Gasteiger partial charge on any atom is 0.138 e. The molecule has 0 heterocycles. The van der Waals surface area contributed by atoms with Crippen LogP contribution in [0.3, 0.4) is 0 Å². The maximum atomic E-state index is 12.4. The highest BCUT2D eigenvalue weighted by Crippen LogP contribution is 2.16. The van der Waals surface area contributed by atoms with Gasteiger partial charge in [0.1, 0.15) is 5.82 Å². The van der Waals surface area contributed by atoms with Crippen molar-refractivity contribution in [2.24, 2.45) is 0 Å². The minimum atomic E-state index is -0.343. The monoisotopic (exact) mass is 188 g/mol. The van der Waals surface area contributed by atoms with Gasteiger partial charge in [-0.3, -0.25) is 0 Å². The molecule has 1 radical (unpaired) electrons. The molecule has 0 aliphatic carbocycles. The van der Waals surface area contributed by atoms with Crippen molar-refractivity contribution in [3.05, 3.63) is 28.5 Å². The Balaban J connectivity index is 3.17. The fourth-order valence-electron chi connectivity index (χ4n) is 0.463. The molecule has 9 heavy (non-hydrogen) atoms. The summed E-state index contributed by atoms with van der Waals surface area (Å²) >= 11 is 2.97. The molecule has 0 amide bonds. The minimum Gasteiger partial charge on any atom is -0.398 e. The first-order valence-corrected chi connectivity index (χ1v) is 3.11. The van der Waals surface area contributed by atoms with Gasteiger partial charge in [0.15, 0.2) is 0 Å². The molecule has 2 N–H and O–H groups in total. The summed E-state index contributed by atoms with van der Waals surface area (Å²) in [6.07, 6.45) is 0. The Morgan fingerprint density at radius 3 is 2.78 bits per heavy atom. The molecule has 47 valence electrons. The number of nitrogens with two attached hydrogens (primary N) is 1. The zero-order chi connectivity index (χ0) is 6.85. The Hall–Kier alpha value is -0.570. The van der Waals surface area contributed by atoms with E-state index >= 15 is 0 Å². The number of anilines is 1. The number of hydrogen-bond donors (Lipinski definition) is 1. The summed E-state index contributed by atoms with van der Waals surface area (Å²) < 4.78 is 12.7. The summed E-state index contributed by atoms with van der Waals surface area (Å²) in [5, 5.41) is 0. The van der Waals surface area contributed by atoms with Crippen molar-refractivity contribution >= 4 is 21.6 Å². The topological polar surface area (TPSA) is 26.0 Å². The molecule has 1 aromatic carbocycles. The Morgan fingerprint density at radius 2 is 2.33 bits per heavy atom. The molecule has 0 saturated carbocycles. The molecule has 0 fully saturated rings. The molecule has 0 bridgehead atoms. The highest BCUT2D eigenvalue weighted by molar-refractivity contribution is 9.10. The van der Waals surface area contributed by atoms with Crippen LogP contribution in [0.5, 0.6) is 0 Å². The van der Waals surface area contributed by atoms with Gasteiger partial charge in [0.25, 0.3) is 0 Å². The maximum absolute atomic E-state index is 12.4. The molecular formula is C6H4BrFN. The fourth-order valence-corrected chi connectivity index (χ4v) is 0.824. The second-order valence-corrected chi connectivity index (χ2v) is 2.44. The van der Waals surface area contributed by atoms with Crippen LogP contribution in [0.25, 0.3) is 0 Å². The van der Waals surface area contributed by atoms with E-state index in [0.29, 0.717) is 10.2 Å². The fraction of sp³-hybridized carbons (Fsp3) is 0. The summed E-state index contributed by atoms with van der Waals surface area (Å²) in [7, 11) is 0. The average Bonchev–Trinajstić information content (AvgIpc) is 1.80. The predicted octanol–water partition coefficient (Wildman–Crippen LogP) is 1.97. The van der Waals surface area contributed by atoms with Crippen LogP contribution in [0, 0.1) is 11.9 Å². The quantitative estimate of drug-likeness (QED) is 0.620. The summed E-state index contributed by atoms with van der Waals surface area (Å²) in [5.41, 5.74) is 5.71. The average molecular weight is 189 g/mol. The van der Waals surface area contributed by atoms with Crippen LogP contribution < -0.4 is 5.73 Å². The molecular weight excluding hydrogens is 185 g/mol. The molecule has 0 atom stereocenters. The number of benzene rings is 1. The Bertz CT molecular complexity index is 224. The third-order valence-electron chi connectivity index (χ3n) is 0.876. The second kappa shape index (κ2) is 2.35. The lowest BCUT2D eigenvalue weighted by molar-refractivity contribution is 0.621. The SMILES string of the molecule is Nc1[c]cc(F)c(Br)c1. The molecule has 0 unspecified atom stereocenters. The molecule has 0 aliphatic heterocycles. The van der Waals surface area contributed by atoms with Gasteiger partial charge in [-0.15, -0.1) is 0 Å². The molecule has 0 aromatic heterocycles. The molecule has 0 aliphatic rings. The van der Waals surface area contributed by atoms with Crippen LogP contribution in [-0.2, 0) is 0 Å². The smallest absolute Gasteiger partial charge is 0.138 e. The van der Waals surface area contributed by atoms with Gasteiger partial charge in [-0.1, -0.05) is 0 Å². The first-order chi connectivity index (χ1) is 4.20. The van der Waals surface area contributed by atoms with Crippen molar-refractivity contribution in [2.75, 3.05) is 5.73 Å². The van der Waals surface area contributed by atoms with E-state index < -0.39 is 0 Å². The van der Waals surface area contributed by atoms with Gasteiger partial charge >= 0.3 is 0 Å². The van der Waals surface area contributed by atoms with E-state index in [-0.39, 0.29) is 5.82 Å². The normalized spacial score (nSPS) is 9.56. The number of rotatable bonds is 0. The Kier molecular flexibility index (Phi) is 1.71. The van der Waals surface area contributed by atoms with E-state index in [1.165, 1.54) is 12.1 Å².